The Balaban J connectivity index is 2.31. The molecule has 1 aliphatic carbocycles. The van der Waals surface area contributed by atoms with Gasteiger partial charge in [-0.1, -0.05) is 92.3 Å². The molecule has 25 nitrogen and oxygen atoms in total. The molecule has 5 N–H and O–H groups in total. The van der Waals surface area contributed by atoms with Gasteiger partial charge in [0, 0.05) is 67.9 Å². The number of benzene rings is 1. The van der Waals surface area contributed by atoms with Crippen LogP contribution in [0.15, 0.2) is 18.2 Å². The second-order valence-electron chi connectivity index (χ2n) is 28.3. The van der Waals surface area contributed by atoms with Crippen molar-refractivity contribution in [1.82, 2.24) is 55.6 Å². The van der Waals surface area contributed by atoms with Crippen LogP contribution in [0.25, 0.3) is 0 Å². The number of amides is 11. The summed E-state index contributed by atoms with van der Waals surface area (Å²) in [6.07, 6.45) is -3.16. The van der Waals surface area contributed by atoms with E-state index in [1.807, 2.05) is 48.5 Å². The minimum Gasteiger partial charge on any atom is -0.388 e. The summed E-state index contributed by atoms with van der Waals surface area (Å²) in [6.45, 7) is 18.1. The van der Waals surface area contributed by atoms with Gasteiger partial charge in [0.15, 0.2) is 0 Å². The third kappa shape index (κ3) is 25.5. The number of nitrogens with one attached hydrogen (secondary N) is 4. The number of aryl methyl sites for hydroxylation is 1. The maximum absolute atomic E-state index is 15.2. The van der Waals surface area contributed by atoms with Gasteiger partial charge in [0.05, 0.1) is 55.6 Å². The predicted molar refractivity (Wildman–Crippen MR) is 360 cm³/mol. The molecule has 1 aromatic carbocycles. The number of carbonyl (C=O) groups excluding carboxylic acids is 11. The second-order valence-corrected chi connectivity index (χ2v) is 28.7. The molecule has 97 heavy (non-hydrogen) atoms. The lowest BCUT2D eigenvalue weighted by Crippen LogP contribution is -2.65. The summed E-state index contributed by atoms with van der Waals surface area (Å²) >= 11 is 6.12. The molecule has 0 radical (unpaired) electrons. The minimum absolute atomic E-state index is 0.00918. The van der Waals surface area contributed by atoms with Crippen molar-refractivity contribution in [3.63, 3.8) is 0 Å². The van der Waals surface area contributed by atoms with Crippen LogP contribution in [0.1, 0.15) is 158 Å². The summed E-state index contributed by atoms with van der Waals surface area (Å²) < 4.78 is 53.4. The molecule has 2 aliphatic rings. The zero-order valence-electron chi connectivity index (χ0n) is 60.4. The van der Waals surface area contributed by atoms with Crippen LogP contribution in [0.4, 0.5) is 13.2 Å². The van der Waals surface area contributed by atoms with E-state index in [2.05, 4.69) is 21.3 Å². The lowest BCUT2D eigenvalue weighted by atomic mass is 9.92. The van der Waals surface area contributed by atoms with Crippen molar-refractivity contribution >= 4 is 76.6 Å². The van der Waals surface area contributed by atoms with Gasteiger partial charge in [0.1, 0.15) is 41.8 Å². The Morgan fingerprint density at radius 2 is 1.22 bits per heavy atom. The summed E-state index contributed by atoms with van der Waals surface area (Å²) in [5, 5.41) is 21.4. The molecule has 29 heteroatoms. The first-order chi connectivity index (χ1) is 45.0. The third-order valence-corrected chi connectivity index (χ3v) is 18.2. The number of halogens is 4. The van der Waals surface area contributed by atoms with Crippen LogP contribution in [-0.4, -0.2) is 253 Å². The molecule has 2 fully saturated rings. The number of hydrogen-bond donors (Lipinski definition) is 5. The van der Waals surface area contributed by atoms with E-state index in [-0.39, 0.29) is 94.6 Å². The molecule has 8 atom stereocenters. The number of rotatable bonds is 19. The van der Waals surface area contributed by atoms with Crippen LogP contribution in [0.5, 0.6) is 0 Å². The van der Waals surface area contributed by atoms with Gasteiger partial charge in [-0.15, -0.1) is 0 Å². The summed E-state index contributed by atoms with van der Waals surface area (Å²) in [6, 6.07) is -5.88. The standard InChI is InChI=1S/C68H111ClF3N11O14/c1-19-44(9)58-64(93)83(20-2)37-56(86)77(13)36-57(87)80(16)53(39-96-30-27-41(3)4)63(92)78(14)35-54(84)74-49(26-24-46-23-25-47(48(69)34-46)68(70,71)72)62(91)81(17)52(38-97-40-66(11,12)95)61(90)76-67(28-21-22-29-67)65(94)82(18)51(32-43(7)8)59(88)73-45(10)33-55(85)79(15)50(31-42(5)6)60(89)75-58/h23,25,34,41-45,49-53,58,95H,19-22,24,26-33,35-40H2,1-18H3,(H,73,88)(H,74,84)(H,75,89)(H,76,90)/t44-,45+,49-,50-,51-,52-,53-,58-/m0/s1. The molecule has 1 heterocycles. The van der Waals surface area contributed by atoms with Gasteiger partial charge in [-0.3, -0.25) is 52.7 Å². The van der Waals surface area contributed by atoms with Gasteiger partial charge in [-0.05, 0) is 114 Å². The smallest absolute Gasteiger partial charge is 0.388 e. The molecular formula is C68H111ClF3N11O14. The van der Waals surface area contributed by atoms with Gasteiger partial charge in [0.25, 0.3) is 0 Å². The van der Waals surface area contributed by atoms with E-state index in [0.717, 1.165) is 37.8 Å². The van der Waals surface area contributed by atoms with E-state index in [1.165, 1.54) is 70.8 Å². The molecule has 3 rings (SSSR count). The van der Waals surface area contributed by atoms with Crippen LogP contribution < -0.4 is 21.3 Å². The first-order valence-corrected chi connectivity index (χ1v) is 34.2. The van der Waals surface area contributed by atoms with E-state index in [0.29, 0.717) is 25.7 Å². The Morgan fingerprint density at radius 1 is 0.649 bits per heavy atom. The fourth-order valence-corrected chi connectivity index (χ4v) is 11.9. The molecule has 550 valence electrons. The predicted octanol–water partition coefficient (Wildman–Crippen LogP) is 4.66. The highest BCUT2D eigenvalue weighted by Crippen LogP contribution is 2.36. The van der Waals surface area contributed by atoms with Gasteiger partial charge in [-0.2, -0.15) is 13.2 Å². The largest absolute Gasteiger partial charge is 0.417 e. The summed E-state index contributed by atoms with van der Waals surface area (Å²) in [5.41, 5.74) is -3.99. The van der Waals surface area contributed by atoms with Crippen molar-refractivity contribution in [3.05, 3.63) is 34.3 Å². The van der Waals surface area contributed by atoms with Gasteiger partial charge in [-0.25, -0.2) is 0 Å². The van der Waals surface area contributed by atoms with Gasteiger partial charge in [0.2, 0.25) is 65.0 Å². The molecule has 1 spiro atoms. The summed E-state index contributed by atoms with van der Waals surface area (Å²) in [4.78, 5) is 169. The van der Waals surface area contributed by atoms with Crippen molar-refractivity contribution < 1.29 is 80.5 Å². The summed E-state index contributed by atoms with van der Waals surface area (Å²) in [7, 11) is 8.06. The van der Waals surface area contributed by atoms with Crippen molar-refractivity contribution in [3.8, 4) is 0 Å². The number of aliphatic hydroxyl groups is 1. The van der Waals surface area contributed by atoms with E-state index in [4.69, 9.17) is 21.1 Å². The normalized spacial score (nSPS) is 23.8. The topological polar surface area (TPSA) is 297 Å². The van der Waals surface area contributed by atoms with E-state index >= 15 is 14.4 Å². The number of hydrogen-bond acceptors (Lipinski definition) is 14. The average Bonchev–Trinajstić information content (AvgIpc) is 1.74. The highest BCUT2D eigenvalue weighted by Gasteiger charge is 2.49. The van der Waals surface area contributed by atoms with E-state index in [1.54, 1.807) is 20.8 Å². The molecular weight excluding hydrogens is 1290 g/mol. The summed E-state index contributed by atoms with van der Waals surface area (Å²) in [5.74, 6) is -8.57. The van der Waals surface area contributed by atoms with Gasteiger partial charge < -0.3 is 70.1 Å². The highest BCUT2D eigenvalue weighted by molar-refractivity contribution is 6.31. The minimum atomic E-state index is -4.80. The second kappa shape index (κ2) is 38.1. The maximum atomic E-state index is 15.2. The van der Waals surface area contributed by atoms with Crippen molar-refractivity contribution in [2.45, 2.75) is 213 Å². The SMILES string of the molecule is CC[C@H](C)[C@@H]1NC(=O)[C@H](CC(C)C)N(C)C(=O)C[C@@H](C)NC(=O)[C@H](CC(C)C)N(C)C(=O)C2(CCCC2)NC(=O)[C@H](COCC(C)(C)O)N(C)C(=O)[C@H](CCc2ccc(C(F)(F)F)c(Cl)c2)NC(=O)CN(C)C(=O)[C@H](COCCC(C)C)N(C)C(=O)CN(C)C(=O)CN(CC)C1=O. The fourth-order valence-electron chi connectivity index (χ4n) is 11.6. The Labute approximate surface area is 576 Å². The molecule has 1 aromatic rings. The van der Waals surface area contributed by atoms with E-state index in [9.17, 15) is 56.6 Å². The van der Waals surface area contributed by atoms with Crippen LogP contribution in [0.2, 0.25) is 5.02 Å². The molecule has 0 aromatic heterocycles. The molecule has 1 saturated heterocycles. The quantitative estimate of drug-likeness (QED) is 0.118. The number of ether oxygens (including phenoxy) is 2. The van der Waals surface area contributed by atoms with Crippen LogP contribution in [0.3, 0.4) is 0 Å². The first kappa shape index (κ1) is 84.6. The molecule has 0 bridgehead atoms. The van der Waals surface area contributed by atoms with E-state index < -0.39 is 167 Å². The monoisotopic (exact) mass is 1400 g/mol. The zero-order chi connectivity index (χ0) is 73.8. The Kier molecular flexibility index (Phi) is 33.2. The van der Waals surface area contributed by atoms with Crippen molar-refractivity contribution in [1.29, 1.82) is 0 Å². The maximum Gasteiger partial charge on any atom is 0.417 e. The number of nitrogens with zero attached hydrogens (tertiary/aromatic N) is 7. The zero-order valence-corrected chi connectivity index (χ0v) is 61.2. The van der Waals surface area contributed by atoms with Gasteiger partial charge >= 0.3 is 6.18 Å². The van der Waals surface area contributed by atoms with Crippen molar-refractivity contribution in [2.24, 2.45) is 23.7 Å². The average molecular weight is 1400 g/mol. The molecule has 1 aliphatic heterocycles. The Hall–Kier alpha value is -6.65. The van der Waals surface area contributed by atoms with Crippen LogP contribution >= 0.6 is 11.6 Å². The molecule has 0 unspecified atom stereocenters. The molecule has 1 saturated carbocycles. The number of carbonyl (C=O) groups is 11. The van der Waals surface area contributed by atoms with Crippen molar-refractivity contribution in [2.75, 3.05) is 94.9 Å². The van der Waals surface area contributed by atoms with Crippen LogP contribution in [0, 0.1) is 23.7 Å². The fraction of sp³-hybridized carbons (Fsp3) is 0.750. The number of alkyl halides is 3. The lowest BCUT2D eigenvalue weighted by molar-refractivity contribution is -0.151. The molecule has 11 amide bonds. The first-order valence-electron chi connectivity index (χ1n) is 33.8. The third-order valence-electron chi connectivity index (χ3n) is 17.9. The highest BCUT2D eigenvalue weighted by atomic mass is 35.5. The Bertz CT molecular complexity index is 2870. The van der Waals surface area contributed by atoms with Crippen LogP contribution in [-0.2, 0) is 74.8 Å². The Morgan fingerprint density at radius 3 is 1.75 bits per heavy atom. The number of likely N-dealkylation sites (N-methyl/N-ethyl adjacent to an activating group) is 7. The lowest BCUT2D eigenvalue weighted by Gasteiger charge is -2.39.